The fraction of sp³-hybridized carbons (Fsp3) is 0.263. The molecule has 0 saturated carbocycles. The number of halogens is 5. The van der Waals surface area contributed by atoms with E-state index in [9.17, 15) is 27.2 Å². The first-order valence-corrected chi connectivity index (χ1v) is 9.90. The van der Waals surface area contributed by atoms with Crippen LogP contribution < -0.4 is 10.6 Å². The lowest BCUT2D eigenvalue weighted by Crippen LogP contribution is -2.52. The molecule has 2 atom stereocenters. The summed E-state index contributed by atoms with van der Waals surface area (Å²) in [4.78, 5) is 24.7. The van der Waals surface area contributed by atoms with E-state index in [1.54, 1.807) is 12.1 Å². The van der Waals surface area contributed by atoms with Gasteiger partial charge < -0.3 is 10.6 Å². The van der Waals surface area contributed by atoms with Crippen LogP contribution in [0.25, 0.3) is 0 Å². The summed E-state index contributed by atoms with van der Waals surface area (Å²) in [5.74, 6) is -1.11. The average molecular weight is 447 g/mol. The van der Waals surface area contributed by atoms with Gasteiger partial charge in [0.1, 0.15) is 11.9 Å². The van der Waals surface area contributed by atoms with Gasteiger partial charge in [0.2, 0.25) is 11.8 Å². The van der Waals surface area contributed by atoms with Gasteiger partial charge in [-0.05, 0) is 42.3 Å². The molecule has 4 nitrogen and oxygen atoms in total. The van der Waals surface area contributed by atoms with Crippen molar-refractivity contribution < 1.29 is 27.2 Å². The van der Waals surface area contributed by atoms with E-state index < -0.39 is 34.0 Å². The highest BCUT2D eigenvalue weighted by molar-refractivity contribution is 8.00. The van der Waals surface area contributed by atoms with E-state index in [4.69, 9.17) is 11.6 Å². The first kappa shape index (κ1) is 21.4. The van der Waals surface area contributed by atoms with Crippen molar-refractivity contribution in [2.75, 3.05) is 11.1 Å². The minimum absolute atomic E-state index is 0.0700. The number of benzene rings is 2. The number of anilines is 1. The number of alkyl halides is 3. The smallest absolute Gasteiger partial charge is 0.343 e. The third-order valence-corrected chi connectivity index (χ3v) is 5.90. The topological polar surface area (TPSA) is 58.2 Å². The first-order valence-electron chi connectivity index (χ1n) is 8.47. The first-order chi connectivity index (χ1) is 13.6. The van der Waals surface area contributed by atoms with Gasteiger partial charge in [-0.1, -0.05) is 23.7 Å². The lowest BCUT2D eigenvalue weighted by atomic mass is 10.1. The van der Waals surface area contributed by atoms with E-state index in [0.717, 1.165) is 17.7 Å². The molecular weight excluding hydrogens is 432 g/mol. The predicted octanol–water partition coefficient (Wildman–Crippen LogP) is 4.28. The highest BCUT2D eigenvalue weighted by atomic mass is 35.5. The summed E-state index contributed by atoms with van der Waals surface area (Å²) in [6.07, 6.45) is -4.28. The molecule has 10 heteroatoms. The van der Waals surface area contributed by atoms with Crippen LogP contribution in [0.5, 0.6) is 0 Å². The minimum atomic E-state index is -4.65. The number of amides is 2. The van der Waals surface area contributed by atoms with Crippen molar-refractivity contribution in [3.63, 3.8) is 0 Å². The molecule has 29 heavy (non-hydrogen) atoms. The molecule has 0 bridgehead atoms. The summed E-state index contributed by atoms with van der Waals surface area (Å²) < 4.78 is 51.8. The molecule has 3 rings (SSSR count). The quantitative estimate of drug-likeness (QED) is 0.689. The largest absolute Gasteiger partial charge is 0.417 e. The van der Waals surface area contributed by atoms with Crippen molar-refractivity contribution in [1.29, 1.82) is 0 Å². The molecule has 0 spiro atoms. The molecule has 154 valence electrons. The highest BCUT2D eigenvalue weighted by Gasteiger charge is 2.35. The summed E-state index contributed by atoms with van der Waals surface area (Å²) in [6.45, 7) is 0. The van der Waals surface area contributed by atoms with Gasteiger partial charge in [0.15, 0.2) is 0 Å². The molecule has 0 aliphatic carbocycles. The second kappa shape index (κ2) is 8.62. The Balaban J connectivity index is 1.61. The van der Waals surface area contributed by atoms with Crippen LogP contribution in [0, 0.1) is 5.82 Å². The predicted molar refractivity (Wildman–Crippen MR) is 103 cm³/mol. The summed E-state index contributed by atoms with van der Waals surface area (Å²) >= 11 is 6.82. The molecule has 1 fully saturated rings. The van der Waals surface area contributed by atoms with Crippen molar-refractivity contribution in [2.24, 2.45) is 0 Å². The van der Waals surface area contributed by atoms with Crippen LogP contribution in [0.2, 0.25) is 5.02 Å². The maximum Gasteiger partial charge on any atom is 0.417 e. The second-order valence-corrected chi connectivity index (χ2v) is 8.04. The van der Waals surface area contributed by atoms with Crippen molar-refractivity contribution in [1.82, 2.24) is 5.32 Å². The average Bonchev–Trinajstić information content (AvgIpc) is 2.65. The molecule has 2 N–H and O–H groups in total. The molecule has 1 heterocycles. The molecule has 0 radical (unpaired) electrons. The number of hydrogen-bond donors (Lipinski definition) is 2. The van der Waals surface area contributed by atoms with Crippen LogP contribution in [-0.2, 0) is 22.2 Å². The van der Waals surface area contributed by atoms with Gasteiger partial charge in [-0.25, -0.2) is 4.39 Å². The third-order valence-electron chi connectivity index (χ3n) is 4.26. The van der Waals surface area contributed by atoms with Gasteiger partial charge in [-0.3, -0.25) is 9.59 Å². The molecule has 0 aromatic heterocycles. The lowest BCUT2D eigenvalue weighted by molar-refractivity contribution is -0.137. The summed E-state index contributed by atoms with van der Waals surface area (Å²) in [5.41, 5.74) is -0.347. The Morgan fingerprint density at radius 2 is 1.90 bits per heavy atom. The van der Waals surface area contributed by atoms with Gasteiger partial charge >= 0.3 is 6.18 Å². The summed E-state index contributed by atoms with van der Waals surface area (Å²) in [7, 11) is 0. The zero-order valence-corrected chi connectivity index (χ0v) is 16.3. The monoisotopic (exact) mass is 446 g/mol. The van der Waals surface area contributed by atoms with Gasteiger partial charge in [-0.15, -0.1) is 11.8 Å². The number of thioether (sulfide) groups is 1. The molecule has 2 aromatic carbocycles. The van der Waals surface area contributed by atoms with Gasteiger partial charge in [-0.2, -0.15) is 13.2 Å². The standard InChI is InChI=1S/C19H15ClF4N2O2S/c20-14-6-5-12(8-13(14)19(22,23)24)25-17(27)15-9-29-16(18(28)26-15)7-10-1-3-11(21)4-2-10/h1-6,8,15-16H,7,9H2,(H,25,27)(H,26,28). The van der Waals surface area contributed by atoms with Crippen molar-refractivity contribution in [3.8, 4) is 0 Å². The normalized spacial score (nSPS) is 19.6. The number of carbonyl (C=O) groups is 2. The summed E-state index contributed by atoms with van der Waals surface area (Å²) in [5, 5.41) is 4.04. The maximum absolute atomic E-state index is 13.0. The Morgan fingerprint density at radius 1 is 1.21 bits per heavy atom. The molecule has 1 aliphatic heterocycles. The summed E-state index contributed by atoms with van der Waals surface area (Å²) in [6, 6.07) is 7.94. The number of nitrogens with one attached hydrogen (secondary N) is 2. The Morgan fingerprint density at radius 3 is 2.52 bits per heavy atom. The van der Waals surface area contributed by atoms with Crippen LogP contribution in [0.3, 0.4) is 0 Å². The number of rotatable bonds is 4. The third kappa shape index (κ3) is 5.42. The highest BCUT2D eigenvalue weighted by Crippen LogP contribution is 2.36. The number of carbonyl (C=O) groups excluding carboxylic acids is 2. The molecule has 2 amide bonds. The fourth-order valence-electron chi connectivity index (χ4n) is 2.77. The van der Waals surface area contributed by atoms with Crippen molar-refractivity contribution >= 4 is 40.9 Å². The van der Waals surface area contributed by atoms with E-state index in [1.165, 1.54) is 30.0 Å². The van der Waals surface area contributed by atoms with E-state index in [1.807, 2.05) is 0 Å². The van der Waals surface area contributed by atoms with Crippen LogP contribution in [0.15, 0.2) is 42.5 Å². The zero-order valence-electron chi connectivity index (χ0n) is 14.7. The van der Waals surface area contributed by atoms with E-state index >= 15 is 0 Å². The molecule has 1 aliphatic rings. The van der Waals surface area contributed by atoms with Crippen LogP contribution in [-0.4, -0.2) is 28.9 Å². The zero-order chi connectivity index (χ0) is 21.2. The Kier molecular flexibility index (Phi) is 6.38. The van der Waals surface area contributed by atoms with Gasteiger partial charge in [0, 0.05) is 11.4 Å². The van der Waals surface area contributed by atoms with Crippen molar-refractivity contribution in [3.05, 3.63) is 64.4 Å². The van der Waals surface area contributed by atoms with Gasteiger partial charge in [0.25, 0.3) is 0 Å². The molecule has 2 aromatic rings. The van der Waals surface area contributed by atoms with Gasteiger partial charge in [0.05, 0.1) is 15.8 Å². The molecule has 2 unspecified atom stereocenters. The number of hydrogen-bond acceptors (Lipinski definition) is 3. The van der Waals surface area contributed by atoms with Crippen LogP contribution >= 0.6 is 23.4 Å². The minimum Gasteiger partial charge on any atom is -0.343 e. The Labute approximate surface area is 173 Å². The SMILES string of the molecule is O=C(Nc1ccc(Cl)c(C(F)(F)F)c1)C1CSC(Cc2ccc(F)cc2)C(=O)N1. The Bertz CT molecular complexity index is 921. The lowest BCUT2D eigenvalue weighted by Gasteiger charge is -2.28. The van der Waals surface area contributed by atoms with E-state index in [0.29, 0.717) is 6.42 Å². The fourth-order valence-corrected chi connectivity index (χ4v) is 4.19. The second-order valence-electron chi connectivity index (χ2n) is 6.40. The molecular formula is C19H15ClF4N2O2S. The Hall–Kier alpha value is -2.26. The van der Waals surface area contributed by atoms with Crippen molar-refractivity contribution in [2.45, 2.75) is 23.9 Å². The van der Waals surface area contributed by atoms with Crippen LogP contribution in [0.4, 0.5) is 23.2 Å². The maximum atomic E-state index is 13.0. The van der Waals surface area contributed by atoms with E-state index in [2.05, 4.69) is 10.6 Å². The molecule has 1 saturated heterocycles. The van der Waals surface area contributed by atoms with E-state index in [-0.39, 0.29) is 23.2 Å². The van der Waals surface area contributed by atoms with Crippen LogP contribution in [0.1, 0.15) is 11.1 Å².